The van der Waals surface area contributed by atoms with Crippen molar-refractivity contribution < 1.29 is 9.90 Å². The van der Waals surface area contributed by atoms with Crippen LogP contribution in [0.3, 0.4) is 0 Å². The number of aliphatic carboxylic acids is 1. The number of carbonyl (C=O) groups is 1. The zero-order valence-corrected chi connectivity index (χ0v) is 8.02. The number of hydrogen-bond donors (Lipinski definition) is 2. The van der Waals surface area contributed by atoms with Gasteiger partial charge in [0.1, 0.15) is 0 Å². The summed E-state index contributed by atoms with van der Waals surface area (Å²) in [7, 11) is 0. The van der Waals surface area contributed by atoms with Crippen molar-refractivity contribution in [1.29, 1.82) is 0 Å². The van der Waals surface area contributed by atoms with E-state index in [0.717, 1.165) is 12.6 Å². The Kier molecular flexibility index (Phi) is 5.40. The monoisotopic (exact) mass is 208 g/mol. The van der Waals surface area contributed by atoms with Gasteiger partial charge in [0.05, 0.1) is 11.6 Å². The van der Waals surface area contributed by atoms with Crippen molar-refractivity contribution in [2.24, 2.45) is 0 Å². The first-order chi connectivity index (χ1) is 5.56. The van der Waals surface area contributed by atoms with Crippen molar-refractivity contribution in [1.82, 2.24) is 4.98 Å². The van der Waals surface area contributed by atoms with Gasteiger partial charge in [0, 0.05) is 12.3 Å². The highest BCUT2D eigenvalue weighted by Gasteiger charge is 1.93. The highest BCUT2D eigenvalue weighted by Crippen LogP contribution is 2.11. The van der Waals surface area contributed by atoms with E-state index in [0.29, 0.717) is 11.0 Å². The van der Waals surface area contributed by atoms with Crippen molar-refractivity contribution in [3.8, 4) is 0 Å². The Balaban J connectivity index is 0.000000261. The van der Waals surface area contributed by atoms with Gasteiger partial charge in [0.15, 0.2) is 5.13 Å². The molecule has 0 unspecified atom stereocenters. The molecule has 6 heteroatoms. The van der Waals surface area contributed by atoms with Crippen LogP contribution in [0, 0.1) is 0 Å². The molecular formula is C6H9ClN2O2S. The first-order valence-electron chi connectivity index (χ1n) is 3.01. The van der Waals surface area contributed by atoms with Crippen LogP contribution in [-0.2, 0) is 10.7 Å². The molecule has 0 aliphatic rings. The van der Waals surface area contributed by atoms with Crippen LogP contribution in [-0.4, -0.2) is 16.1 Å². The molecular weight excluding hydrogens is 200 g/mol. The standard InChI is InChI=1S/C4H5ClN2S.C2H4O2/c5-1-3-2-8-4(6)7-3;1-2(3)4/h2H,1H2,(H2,6,7);1H3,(H,3,4). The van der Waals surface area contributed by atoms with Crippen molar-refractivity contribution in [2.45, 2.75) is 12.8 Å². The van der Waals surface area contributed by atoms with Crippen LogP contribution in [0.1, 0.15) is 12.6 Å². The van der Waals surface area contributed by atoms with Gasteiger partial charge in [-0.15, -0.1) is 22.9 Å². The summed E-state index contributed by atoms with van der Waals surface area (Å²) < 4.78 is 0. The summed E-state index contributed by atoms with van der Waals surface area (Å²) in [5, 5.41) is 9.85. The summed E-state index contributed by atoms with van der Waals surface area (Å²) in [5.41, 5.74) is 6.16. The lowest BCUT2D eigenvalue weighted by atomic mass is 10.6. The van der Waals surface area contributed by atoms with Gasteiger partial charge >= 0.3 is 0 Å². The van der Waals surface area contributed by atoms with Crippen LogP contribution >= 0.6 is 22.9 Å². The Labute approximate surface area is 79.0 Å². The molecule has 0 amide bonds. The number of thiazole rings is 1. The smallest absolute Gasteiger partial charge is 0.300 e. The van der Waals surface area contributed by atoms with E-state index < -0.39 is 5.97 Å². The predicted octanol–water partition coefficient (Wildman–Crippen LogP) is 1.55. The predicted molar refractivity (Wildman–Crippen MR) is 49.4 cm³/mol. The van der Waals surface area contributed by atoms with Crippen LogP contribution < -0.4 is 5.73 Å². The number of carboxylic acid groups (broad SMARTS) is 1. The first-order valence-corrected chi connectivity index (χ1v) is 4.43. The number of nitrogens with zero attached hydrogens (tertiary/aromatic N) is 1. The normalized spacial score (nSPS) is 8.50. The van der Waals surface area contributed by atoms with Gasteiger partial charge in [-0.05, 0) is 0 Å². The minimum Gasteiger partial charge on any atom is -0.481 e. The number of anilines is 1. The van der Waals surface area contributed by atoms with Crippen LogP contribution in [0.4, 0.5) is 5.13 Å². The molecule has 1 rings (SSSR count). The van der Waals surface area contributed by atoms with E-state index in [9.17, 15) is 0 Å². The number of nitrogens with two attached hydrogens (primary N) is 1. The SMILES string of the molecule is CC(=O)O.Nc1nc(CCl)cs1. The van der Waals surface area contributed by atoms with Crippen LogP contribution in [0.5, 0.6) is 0 Å². The Hall–Kier alpha value is -0.810. The maximum Gasteiger partial charge on any atom is 0.300 e. The third-order valence-electron chi connectivity index (χ3n) is 0.706. The van der Waals surface area contributed by atoms with Gasteiger partial charge in [-0.1, -0.05) is 0 Å². The number of hydrogen-bond acceptors (Lipinski definition) is 4. The molecule has 4 nitrogen and oxygen atoms in total. The Morgan fingerprint density at radius 3 is 2.58 bits per heavy atom. The fourth-order valence-corrected chi connectivity index (χ4v) is 1.18. The first kappa shape index (κ1) is 11.2. The number of nitrogen functional groups attached to an aromatic ring is 1. The van der Waals surface area contributed by atoms with Crippen molar-refractivity contribution >= 4 is 34.0 Å². The molecule has 68 valence electrons. The van der Waals surface area contributed by atoms with Crippen LogP contribution in [0.2, 0.25) is 0 Å². The average molecular weight is 209 g/mol. The van der Waals surface area contributed by atoms with E-state index >= 15 is 0 Å². The molecule has 1 heterocycles. The number of carboxylic acids is 1. The van der Waals surface area contributed by atoms with Gasteiger partial charge in [0.25, 0.3) is 5.97 Å². The molecule has 0 bridgehead atoms. The number of alkyl halides is 1. The molecule has 0 aromatic carbocycles. The van der Waals surface area contributed by atoms with Gasteiger partial charge in [-0.3, -0.25) is 4.79 Å². The third kappa shape index (κ3) is 5.94. The zero-order valence-electron chi connectivity index (χ0n) is 6.45. The molecule has 0 radical (unpaired) electrons. The van der Waals surface area contributed by atoms with E-state index in [-0.39, 0.29) is 0 Å². The van der Waals surface area contributed by atoms with Crippen molar-refractivity contribution in [3.63, 3.8) is 0 Å². The van der Waals surface area contributed by atoms with Gasteiger partial charge in [0.2, 0.25) is 0 Å². The highest BCUT2D eigenvalue weighted by atomic mass is 35.5. The molecule has 0 saturated carbocycles. The molecule has 0 spiro atoms. The largest absolute Gasteiger partial charge is 0.481 e. The molecule has 1 aromatic heterocycles. The second-order valence-electron chi connectivity index (χ2n) is 1.83. The molecule has 12 heavy (non-hydrogen) atoms. The molecule has 0 fully saturated rings. The average Bonchev–Trinajstić information content (AvgIpc) is 2.34. The Morgan fingerprint density at radius 2 is 2.42 bits per heavy atom. The lowest BCUT2D eigenvalue weighted by Gasteiger charge is -1.77. The topological polar surface area (TPSA) is 76.2 Å². The van der Waals surface area contributed by atoms with Crippen LogP contribution in [0.25, 0.3) is 0 Å². The molecule has 0 atom stereocenters. The lowest BCUT2D eigenvalue weighted by molar-refractivity contribution is -0.134. The summed E-state index contributed by atoms with van der Waals surface area (Å²) in [4.78, 5) is 12.9. The number of aromatic nitrogens is 1. The Morgan fingerprint density at radius 1 is 1.92 bits per heavy atom. The summed E-state index contributed by atoms with van der Waals surface area (Å²) in [6, 6.07) is 0. The molecule has 0 aliphatic carbocycles. The van der Waals surface area contributed by atoms with E-state index in [1.54, 1.807) is 0 Å². The summed E-state index contributed by atoms with van der Waals surface area (Å²) in [5.74, 6) is -0.381. The van der Waals surface area contributed by atoms with E-state index in [1.807, 2.05) is 5.38 Å². The Bertz CT molecular complexity index is 247. The van der Waals surface area contributed by atoms with Gasteiger partial charge < -0.3 is 10.8 Å². The fraction of sp³-hybridized carbons (Fsp3) is 0.333. The number of halogens is 1. The summed E-state index contributed by atoms with van der Waals surface area (Å²) in [6.07, 6.45) is 0. The second-order valence-corrected chi connectivity index (χ2v) is 2.99. The van der Waals surface area contributed by atoms with Gasteiger partial charge in [-0.25, -0.2) is 4.98 Å². The van der Waals surface area contributed by atoms with E-state index in [1.165, 1.54) is 11.3 Å². The third-order valence-corrected chi connectivity index (χ3v) is 1.70. The summed E-state index contributed by atoms with van der Waals surface area (Å²) in [6.45, 7) is 1.08. The summed E-state index contributed by atoms with van der Waals surface area (Å²) >= 11 is 6.84. The molecule has 1 aromatic rings. The maximum absolute atomic E-state index is 9.00. The van der Waals surface area contributed by atoms with Gasteiger partial charge in [-0.2, -0.15) is 0 Å². The lowest BCUT2D eigenvalue weighted by Crippen LogP contribution is -1.82. The maximum atomic E-state index is 9.00. The van der Waals surface area contributed by atoms with Crippen molar-refractivity contribution in [2.75, 3.05) is 5.73 Å². The quantitative estimate of drug-likeness (QED) is 0.687. The van der Waals surface area contributed by atoms with E-state index in [4.69, 9.17) is 27.2 Å². The van der Waals surface area contributed by atoms with Crippen LogP contribution in [0.15, 0.2) is 5.38 Å². The molecule has 3 N–H and O–H groups in total. The number of rotatable bonds is 1. The zero-order chi connectivity index (χ0) is 9.56. The highest BCUT2D eigenvalue weighted by molar-refractivity contribution is 7.13. The molecule has 0 aliphatic heterocycles. The minimum atomic E-state index is -0.833. The molecule has 0 saturated heterocycles. The van der Waals surface area contributed by atoms with Crippen molar-refractivity contribution in [3.05, 3.63) is 11.1 Å². The minimum absolute atomic E-state index is 0.452. The fourth-order valence-electron chi connectivity index (χ4n) is 0.384. The second kappa shape index (κ2) is 5.79. The van der Waals surface area contributed by atoms with E-state index in [2.05, 4.69) is 4.98 Å².